The molecule has 0 spiro atoms. The van der Waals surface area contributed by atoms with Crippen LogP contribution < -0.4 is 27.1 Å². The van der Waals surface area contributed by atoms with Crippen molar-refractivity contribution in [1.82, 2.24) is 36.2 Å². The van der Waals surface area contributed by atoms with Crippen molar-refractivity contribution in [3.63, 3.8) is 0 Å². The highest BCUT2D eigenvalue weighted by Gasteiger charge is 2.47. The van der Waals surface area contributed by atoms with E-state index in [1.165, 1.54) is 0 Å². The van der Waals surface area contributed by atoms with Gasteiger partial charge in [-0.2, -0.15) is 0 Å². The highest BCUT2D eigenvalue weighted by atomic mass is 19.1. The minimum absolute atomic E-state index is 0.0821. The van der Waals surface area contributed by atoms with Crippen molar-refractivity contribution in [3.05, 3.63) is 0 Å². The lowest BCUT2D eigenvalue weighted by Gasteiger charge is -2.39. The molecule has 204 valence electrons. The molecule has 1 aliphatic carbocycles. The van der Waals surface area contributed by atoms with E-state index in [1.807, 2.05) is 4.90 Å². The molecule has 0 aromatic rings. The van der Waals surface area contributed by atoms with Crippen LogP contribution >= 0.6 is 0 Å². The number of likely N-dealkylation sites (N-methyl/N-ethyl adjacent to an activating group) is 1. The number of carbonyl (C=O) groups is 2. The summed E-state index contributed by atoms with van der Waals surface area (Å²) in [5, 5.41) is 11.4. The van der Waals surface area contributed by atoms with Crippen LogP contribution in [0.15, 0.2) is 0 Å². The van der Waals surface area contributed by atoms with Crippen LogP contribution in [-0.2, 0) is 14.3 Å². The number of halogens is 1. The lowest BCUT2D eigenvalue weighted by atomic mass is 9.86. The molecule has 2 amide bonds. The van der Waals surface area contributed by atoms with Gasteiger partial charge in [0.05, 0.1) is 36.5 Å². The highest BCUT2D eigenvalue weighted by molar-refractivity contribution is 5.81. The van der Waals surface area contributed by atoms with E-state index in [1.54, 1.807) is 5.01 Å². The first-order valence-corrected chi connectivity index (χ1v) is 13.7. The third-order valence-corrected chi connectivity index (χ3v) is 8.58. The summed E-state index contributed by atoms with van der Waals surface area (Å²) in [6, 6.07) is -0.158. The minimum Gasteiger partial charge on any atom is -0.373 e. The van der Waals surface area contributed by atoms with Gasteiger partial charge in [0.2, 0.25) is 11.8 Å². The molecule has 1 saturated carbocycles. The number of amides is 2. The molecule has 6 N–H and O–H groups in total. The second-order valence-electron chi connectivity index (χ2n) is 11.2. The van der Waals surface area contributed by atoms with Gasteiger partial charge in [-0.3, -0.25) is 14.9 Å². The predicted octanol–water partition coefficient (Wildman–Crippen LogP) is -1.83. The standard InChI is InChI=1S/C24H43FN8O3/c1-31-8-10-32(11-9-31)24(35)15-2-4-17(5-3-15)36-19-6-7-27-13-18(19)29-23(34)20-21(26)30-33-14-16(25)12-28-22(20)33/h15-22,27-28,30H,2-14,26H2,1H3,(H,29,34). The Hall–Kier alpha value is -1.41. The lowest BCUT2D eigenvalue weighted by molar-refractivity contribution is -0.140. The van der Waals surface area contributed by atoms with Crippen LogP contribution in [-0.4, -0.2) is 123 Å². The molecule has 5 rings (SSSR count). The fourth-order valence-corrected chi connectivity index (χ4v) is 6.38. The quantitative estimate of drug-likeness (QED) is 0.290. The van der Waals surface area contributed by atoms with Crippen molar-refractivity contribution in [3.8, 4) is 0 Å². The average molecular weight is 511 g/mol. The number of fused-ring (bicyclic) bond motifs is 1. The van der Waals surface area contributed by atoms with E-state index in [0.717, 1.165) is 64.8 Å². The Balaban J connectivity index is 1.11. The highest BCUT2D eigenvalue weighted by Crippen LogP contribution is 2.30. The molecule has 6 atom stereocenters. The van der Waals surface area contributed by atoms with Crippen LogP contribution in [0.5, 0.6) is 0 Å². The third kappa shape index (κ3) is 5.85. The lowest BCUT2D eigenvalue weighted by Crippen LogP contribution is -2.61. The molecule has 4 heterocycles. The average Bonchev–Trinajstić information content (AvgIpc) is 3.20. The van der Waals surface area contributed by atoms with E-state index in [9.17, 15) is 14.0 Å². The summed E-state index contributed by atoms with van der Waals surface area (Å²) in [4.78, 5) is 30.5. The van der Waals surface area contributed by atoms with E-state index >= 15 is 0 Å². The Kier molecular flexibility index (Phi) is 8.40. The number of ether oxygens (including phenoxy) is 1. The summed E-state index contributed by atoms with van der Waals surface area (Å²) >= 11 is 0. The molecule has 5 fully saturated rings. The molecule has 4 aliphatic heterocycles. The molecule has 0 aromatic heterocycles. The monoisotopic (exact) mass is 510 g/mol. The van der Waals surface area contributed by atoms with E-state index < -0.39 is 18.3 Å². The third-order valence-electron chi connectivity index (χ3n) is 8.58. The minimum atomic E-state index is -0.991. The van der Waals surface area contributed by atoms with Gasteiger partial charge in [-0.15, -0.1) is 0 Å². The van der Waals surface area contributed by atoms with Crippen molar-refractivity contribution in [1.29, 1.82) is 0 Å². The van der Waals surface area contributed by atoms with Gasteiger partial charge in [-0.25, -0.2) is 14.8 Å². The molecule has 0 bridgehead atoms. The molecular weight excluding hydrogens is 467 g/mol. The van der Waals surface area contributed by atoms with Crippen LogP contribution in [0.4, 0.5) is 4.39 Å². The Labute approximate surface area is 212 Å². The van der Waals surface area contributed by atoms with Gasteiger partial charge in [0.15, 0.2) is 0 Å². The zero-order chi connectivity index (χ0) is 25.2. The van der Waals surface area contributed by atoms with Crippen LogP contribution in [0.1, 0.15) is 32.1 Å². The van der Waals surface area contributed by atoms with Gasteiger partial charge >= 0.3 is 0 Å². The topological polar surface area (TPSA) is 127 Å². The smallest absolute Gasteiger partial charge is 0.229 e. The number of hydrogen-bond donors (Lipinski definition) is 5. The molecule has 11 nitrogen and oxygen atoms in total. The van der Waals surface area contributed by atoms with Gasteiger partial charge < -0.3 is 30.9 Å². The number of hydrogen-bond acceptors (Lipinski definition) is 9. The van der Waals surface area contributed by atoms with E-state index in [4.69, 9.17) is 10.5 Å². The largest absolute Gasteiger partial charge is 0.373 e. The zero-order valence-electron chi connectivity index (χ0n) is 21.3. The first-order chi connectivity index (χ1) is 17.4. The number of alkyl halides is 1. The summed E-state index contributed by atoms with van der Waals surface area (Å²) in [6.07, 6.45) is 2.42. The van der Waals surface area contributed by atoms with Gasteiger partial charge in [-0.05, 0) is 45.7 Å². The number of nitrogens with one attached hydrogen (secondary N) is 4. The van der Waals surface area contributed by atoms with E-state index in [0.29, 0.717) is 12.5 Å². The van der Waals surface area contributed by atoms with E-state index in [-0.39, 0.29) is 49.3 Å². The Morgan fingerprint density at radius 3 is 2.56 bits per heavy atom. The number of rotatable bonds is 5. The summed E-state index contributed by atoms with van der Waals surface area (Å²) in [5.41, 5.74) is 9.25. The Morgan fingerprint density at radius 2 is 1.81 bits per heavy atom. The predicted molar refractivity (Wildman–Crippen MR) is 132 cm³/mol. The second-order valence-corrected chi connectivity index (χ2v) is 11.2. The maximum absolute atomic E-state index is 13.8. The number of piperidine rings is 1. The molecule has 5 aliphatic rings. The molecule has 6 unspecified atom stereocenters. The van der Waals surface area contributed by atoms with Crippen molar-refractivity contribution in [2.24, 2.45) is 17.6 Å². The van der Waals surface area contributed by atoms with Crippen LogP contribution in [0.3, 0.4) is 0 Å². The number of carbonyl (C=O) groups excluding carboxylic acids is 2. The van der Waals surface area contributed by atoms with Crippen LogP contribution in [0, 0.1) is 11.8 Å². The maximum atomic E-state index is 13.8. The SMILES string of the molecule is CN1CCN(C(=O)C2CCC(OC3CCNCC3NC(=O)C3C(N)NN4CC(F)CNC34)CC2)CC1. The molecule has 0 aromatic carbocycles. The van der Waals surface area contributed by atoms with Crippen LogP contribution in [0.25, 0.3) is 0 Å². The first-order valence-electron chi connectivity index (χ1n) is 13.7. The second kappa shape index (κ2) is 11.5. The van der Waals surface area contributed by atoms with E-state index in [2.05, 4.69) is 33.3 Å². The normalized spacial score (nSPS) is 40.6. The molecule has 12 heteroatoms. The number of piperazine rings is 1. The van der Waals surface area contributed by atoms with Gasteiger partial charge in [-0.1, -0.05) is 0 Å². The van der Waals surface area contributed by atoms with Crippen molar-refractivity contribution in [2.45, 2.75) is 68.9 Å². The Bertz CT molecular complexity index is 776. The molecule has 36 heavy (non-hydrogen) atoms. The van der Waals surface area contributed by atoms with Crippen molar-refractivity contribution < 1.29 is 18.7 Å². The number of nitrogens with zero attached hydrogens (tertiary/aromatic N) is 3. The molecular formula is C24H43FN8O3. The molecule has 4 saturated heterocycles. The summed E-state index contributed by atoms with van der Waals surface area (Å²) in [5.74, 6) is -0.255. The first kappa shape index (κ1) is 26.2. The van der Waals surface area contributed by atoms with Crippen molar-refractivity contribution >= 4 is 11.8 Å². The van der Waals surface area contributed by atoms with Crippen LogP contribution in [0.2, 0.25) is 0 Å². The fraction of sp³-hybridized carbons (Fsp3) is 0.917. The number of nitrogens with two attached hydrogens (primary N) is 1. The Morgan fingerprint density at radius 1 is 1.06 bits per heavy atom. The van der Waals surface area contributed by atoms with Gasteiger partial charge in [0, 0.05) is 51.7 Å². The fourth-order valence-electron chi connectivity index (χ4n) is 6.38. The molecule has 0 radical (unpaired) electrons. The number of hydrazine groups is 1. The summed E-state index contributed by atoms with van der Waals surface area (Å²) in [7, 11) is 2.10. The maximum Gasteiger partial charge on any atom is 0.229 e. The van der Waals surface area contributed by atoms with Crippen molar-refractivity contribution in [2.75, 3.05) is 59.4 Å². The summed E-state index contributed by atoms with van der Waals surface area (Å²) < 4.78 is 20.3. The van der Waals surface area contributed by atoms with Gasteiger partial charge in [0.1, 0.15) is 6.17 Å². The van der Waals surface area contributed by atoms with Gasteiger partial charge in [0.25, 0.3) is 0 Å². The zero-order valence-corrected chi connectivity index (χ0v) is 21.3. The summed E-state index contributed by atoms with van der Waals surface area (Å²) in [6.45, 7) is 5.45.